The Morgan fingerprint density at radius 3 is 0.416 bits per heavy atom. The quantitative estimate of drug-likeness (QED) is 0.0768. The van der Waals surface area contributed by atoms with Crippen LogP contribution >= 0.6 is 0 Å². The molecule has 0 nitrogen and oxygen atoms in total. The van der Waals surface area contributed by atoms with Gasteiger partial charge in [0.2, 0.25) is 17.5 Å². The van der Waals surface area contributed by atoms with Crippen molar-refractivity contribution in [2.45, 2.75) is 6.92 Å². The Balaban J connectivity index is 1.47. The first-order chi connectivity index (χ1) is 46.8. The van der Waals surface area contributed by atoms with Crippen molar-refractivity contribution < 1.29 is 176 Å². The first-order valence-corrected chi connectivity index (χ1v) is 25.4. The second-order valence-corrected chi connectivity index (χ2v) is 20.2. The molecular weight excluding hydrogens is 1490 g/mol. The van der Waals surface area contributed by atoms with E-state index in [9.17, 15) is 52.7 Å². The minimum Gasteiger partial charge on any atom is -0.206 e. The molecule has 0 aliphatic rings. The Morgan fingerprint density at radius 2 is 0.238 bits per heavy atom. The van der Waals surface area contributed by atoms with Crippen LogP contribution < -0.4 is 0 Å². The average Bonchev–Trinajstić information content (AvgIpc) is 0.708. The number of halogens is 40. The first kappa shape index (κ1) is 73.1. The minimum atomic E-state index is -4.21. The molecule has 10 aromatic rings. The van der Waals surface area contributed by atoms with Crippen molar-refractivity contribution in [3.8, 4) is 100 Å². The third-order valence-corrected chi connectivity index (χ3v) is 15.0. The molecule has 0 saturated carbocycles. The van der Waals surface area contributed by atoms with Gasteiger partial charge in [0.25, 0.3) is 0 Å². The summed E-state index contributed by atoms with van der Waals surface area (Å²) in [6, 6.07) is -0.682. The van der Waals surface area contributed by atoms with Crippen LogP contribution in [-0.2, 0) is 0 Å². The monoisotopic (exact) mass is 1500 g/mol. The van der Waals surface area contributed by atoms with Gasteiger partial charge in [-0.25, -0.2) is 176 Å². The molecule has 0 aromatic heterocycles. The highest BCUT2D eigenvalue weighted by Gasteiger charge is 2.46. The Labute approximate surface area is 526 Å². The molecule has 0 amide bonds. The zero-order valence-corrected chi connectivity index (χ0v) is 46.2. The fourth-order valence-corrected chi connectivity index (χ4v) is 10.4. The lowest BCUT2D eigenvalue weighted by molar-refractivity contribution is 0.379. The molecule has 0 aliphatic carbocycles. The minimum absolute atomic E-state index is 0.159. The summed E-state index contributed by atoms with van der Waals surface area (Å²) >= 11 is 0. The van der Waals surface area contributed by atoms with Gasteiger partial charge in [-0.1, -0.05) is 0 Å². The molecule has 10 rings (SSSR count). The van der Waals surface area contributed by atoms with Crippen molar-refractivity contribution in [1.29, 1.82) is 0 Å². The Kier molecular flexibility index (Phi) is 18.1. The van der Waals surface area contributed by atoms with E-state index in [1.165, 1.54) is 0 Å². The summed E-state index contributed by atoms with van der Waals surface area (Å²) in [6.45, 7) is -0.159. The molecule has 0 saturated heterocycles. The summed E-state index contributed by atoms with van der Waals surface area (Å²) in [5, 5.41) is 0. The smallest absolute Gasteiger partial charge is 0.200 e. The Morgan fingerprint density at radius 1 is 0.119 bits per heavy atom. The fourth-order valence-electron chi connectivity index (χ4n) is 10.4. The molecule has 0 heterocycles. The Bertz CT molecular complexity index is 5110. The van der Waals surface area contributed by atoms with E-state index in [0.29, 0.717) is 0 Å². The van der Waals surface area contributed by atoms with E-state index in [1.807, 2.05) is 0 Å². The molecule has 528 valence electrons. The maximum atomic E-state index is 17.9. The molecule has 0 spiro atoms. The van der Waals surface area contributed by atoms with Gasteiger partial charge >= 0.3 is 0 Å². The molecule has 0 atom stereocenters. The van der Waals surface area contributed by atoms with Gasteiger partial charge in [0.15, 0.2) is 175 Å². The summed E-state index contributed by atoms with van der Waals surface area (Å²) in [7, 11) is 0. The van der Waals surface area contributed by atoms with Gasteiger partial charge in [-0.3, -0.25) is 0 Å². The molecule has 0 bridgehead atoms. The van der Waals surface area contributed by atoms with Gasteiger partial charge in [0, 0.05) is 11.1 Å². The van der Waals surface area contributed by atoms with Crippen LogP contribution in [0.4, 0.5) is 176 Å². The van der Waals surface area contributed by atoms with Crippen molar-refractivity contribution in [2.75, 3.05) is 0 Å². The second-order valence-electron chi connectivity index (χ2n) is 20.2. The summed E-state index contributed by atoms with van der Waals surface area (Å²) in [6.07, 6.45) is 0. The maximum Gasteiger partial charge on any atom is 0.200 e. The van der Waals surface area contributed by atoms with Crippen LogP contribution in [0.15, 0.2) is 6.07 Å². The highest BCUT2D eigenvalue weighted by atomic mass is 19.2. The lowest BCUT2D eigenvalue weighted by Crippen LogP contribution is -2.15. The van der Waals surface area contributed by atoms with Crippen LogP contribution in [0.1, 0.15) is 5.56 Å². The Hall–Kier alpha value is -10.6. The van der Waals surface area contributed by atoms with E-state index in [0.717, 1.165) is 0 Å². The van der Waals surface area contributed by atoms with Crippen LogP contribution in [0.25, 0.3) is 100 Å². The van der Waals surface area contributed by atoms with Gasteiger partial charge in [-0.05, 0) is 18.6 Å². The van der Waals surface area contributed by atoms with E-state index < -0.39 is 344 Å². The molecule has 40 heteroatoms. The number of hydrogen-bond acceptors (Lipinski definition) is 0. The van der Waals surface area contributed by atoms with Crippen molar-refractivity contribution in [1.82, 2.24) is 0 Å². The molecule has 0 unspecified atom stereocenters. The van der Waals surface area contributed by atoms with Crippen LogP contribution in [0.2, 0.25) is 0 Å². The summed E-state index contributed by atoms with van der Waals surface area (Å²) < 4.78 is 631. The first-order valence-electron chi connectivity index (χ1n) is 25.4. The fraction of sp³-hybridized carbons (Fsp3) is 0.0164. The zero-order chi connectivity index (χ0) is 75.8. The number of rotatable bonds is 9. The molecule has 0 fully saturated rings. The molecule has 10 aromatic carbocycles. The predicted molar refractivity (Wildman–Crippen MR) is 258 cm³/mol. The van der Waals surface area contributed by atoms with Gasteiger partial charge in [-0.15, -0.1) is 0 Å². The van der Waals surface area contributed by atoms with E-state index in [2.05, 4.69) is 0 Å². The highest BCUT2D eigenvalue weighted by Crippen LogP contribution is 2.54. The van der Waals surface area contributed by atoms with Gasteiger partial charge in [0.05, 0.1) is 89.0 Å². The predicted octanol–water partition coefficient (Wildman–Crippen LogP) is 22.6. The number of hydrogen-bond donors (Lipinski definition) is 0. The van der Waals surface area contributed by atoms with Crippen LogP contribution in [0, 0.1) is 240 Å². The molecule has 0 aliphatic heterocycles. The van der Waals surface area contributed by atoms with E-state index in [4.69, 9.17) is 0 Å². The van der Waals surface area contributed by atoms with Gasteiger partial charge in [0.1, 0.15) is 40.7 Å². The number of benzene rings is 10. The topological polar surface area (TPSA) is 0 Å². The van der Waals surface area contributed by atoms with E-state index >= 15 is 123 Å². The van der Waals surface area contributed by atoms with Crippen LogP contribution in [0.5, 0.6) is 0 Å². The van der Waals surface area contributed by atoms with Crippen molar-refractivity contribution in [3.63, 3.8) is 0 Å². The van der Waals surface area contributed by atoms with Crippen LogP contribution in [0.3, 0.4) is 0 Å². The normalized spacial score (nSPS) is 11.8. The SMILES string of the molecule is Cc1c(F)c(-c2c(F)c(-c3c(F)c(F)c(-c4c(F)c(F)c(F)c(F)c4F)c(F)c3F)c(F)c(-c3c(F)c(-c4c(F)c(F)c(-c5c(F)c(F)c(F)c(F)c5F)c(F)c4F)c(F)c(-c4c(F)c(F)c(-c5c(F)c(F)c(F)c(F)c5F)c(F)c4F)c3F)c2F)c(F)c(F)c1-c1cc(F)c(F)c(F)c1F. The second kappa shape index (κ2) is 24.9. The summed E-state index contributed by atoms with van der Waals surface area (Å²) in [5.41, 5.74) is -63.7. The van der Waals surface area contributed by atoms with E-state index in [-0.39, 0.29) is 6.92 Å². The molecule has 101 heavy (non-hydrogen) atoms. The van der Waals surface area contributed by atoms with E-state index in [1.54, 1.807) is 0 Å². The average molecular weight is 1500 g/mol. The van der Waals surface area contributed by atoms with Gasteiger partial charge < -0.3 is 0 Å². The van der Waals surface area contributed by atoms with Gasteiger partial charge in [-0.2, -0.15) is 0 Å². The highest BCUT2D eigenvalue weighted by molar-refractivity contribution is 5.92. The zero-order valence-electron chi connectivity index (χ0n) is 46.2. The summed E-state index contributed by atoms with van der Waals surface area (Å²) in [5.74, 6) is -144. The van der Waals surface area contributed by atoms with Crippen molar-refractivity contribution in [2.24, 2.45) is 0 Å². The lowest BCUT2D eigenvalue weighted by atomic mass is 9.84. The largest absolute Gasteiger partial charge is 0.206 e. The maximum absolute atomic E-state index is 17.9. The van der Waals surface area contributed by atoms with Crippen LogP contribution in [-0.4, -0.2) is 0 Å². The molecular formula is C61H4F40. The third-order valence-electron chi connectivity index (χ3n) is 15.0. The lowest BCUT2D eigenvalue weighted by Gasteiger charge is -2.23. The standard InChI is InChI=1S/C61H4F40/c1-3-6(4-2-5(62)25(65)52(92)24(4)64)32(72)33(73)7(23(3)63)8-26(66)9(28(68)11(27(8)67)14-34(74)40(80)17(41(81)35(14)75)20-46(86)53(93)59(99)54(94)47(20)87)10-29(69)12(15-36(76)42(82)18(43(83)37(15)77)21-48(88)55(95)60(100)56(96)49(21)89)31(71)13(30(10)70)16-38(78)44(84)19(45(85)39(16)79)22-50(90)57(97)61(101)58(98)51(22)91/h2H,1H3. The van der Waals surface area contributed by atoms with Crippen molar-refractivity contribution in [3.05, 3.63) is 244 Å². The van der Waals surface area contributed by atoms with Crippen molar-refractivity contribution >= 4 is 0 Å². The third kappa shape index (κ3) is 9.99. The summed E-state index contributed by atoms with van der Waals surface area (Å²) in [4.78, 5) is 0. The molecule has 0 radical (unpaired) electrons. The molecule has 0 N–H and O–H groups in total.